The molecule has 1 amide bonds. The van der Waals surface area contributed by atoms with Gasteiger partial charge in [0.2, 0.25) is 17.2 Å². The molecule has 0 radical (unpaired) electrons. The zero-order chi connectivity index (χ0) is 25.4. The Morgan fingerprint density at radius 3 is 2.56 bits per heavy atom. The van der Waals surface area contributed by atoms with Crippen LogP contribution in [0.4, 0.5) is 5.69 Å². The minimum absolute atomic E-state index is 0.0492. The maximum absolute atomic E-state index is 13.4. The summed E-state index contributed by atoms with van der Waals surface area (Å²) in [6.45, 7) is 7.71. The van der Waals surface area contributed by atoms with Crippen molar-refractivity contribution in [3.8, 4) is 22.8 Å². The number of fused-ring (bicyclic) bond motifs is 1. The maximum atomic E-state index is 13.4. The lowest BCUT2D eigenvalue weighted by atomic mass is 10.1. The van der Waals surface area contributed by atoms with Crippen molar-refractivity contribution in [1.29, 1.82) is 0 Å². The van der Waals surface area contributed by atoms with Gasteiger partial charge in [-0.25, -0.2) is 4.98 Å². The van der Waals surface area contributed by atoms with Gasteiger partial charge in [0.25, 0.3) is 5.89 Å². The predicted molar refractivity (Wildman–Crippen MR) is 139 cm³/mol. The summed E-state index contributed by atoms with van der Waals surface area (Å²) in [6.07, 6.45) is 1.56. The van der Waals surface area contributed by atoms with Crippen LogP contribution in [0.5, 0.6) is 0 Å². The van der Waals surface area contributed by atoms with E-state index in [0.29, 0.717) is 16.9 Å². The van der Waals surface area contributed by atoms with Gasteiger partial charge in [-0.15, -0.1) is 0 Å². The number of aryl methyl sites for hydroxylation is 4. The minimum Gasteiger partial charge on any atom is -0.333 e. The lowest BCUT2D eigenvalue weighted by Crippen LogP contribution is -2.22. The zero-order valence-corrected chi connectivity index (χ0v) is 20.5. The van der Waals surface area contributed by atoms with Crippen LogP contribution in [0.3, 0.4) is 0 Å². The van der Waals surface area contributed by atoms with Crippen molar-refractivity contribution < 1.29 is 9.32 Å². The molecule has 3 heterocycles. The fourth-order valence-corrected chi connectivity index (χ4v) is 4.17. The van der Waals surface area contributed by atoms with Gasteiger partial charge in [0.1, 0.15) is 17.8 Å². The highest BCUT2D eigenvalue weighted by molar-refractivity contribution is 5.92. The first-order chi connectivity index (χ1) is 17.3. The van der Waals surface area contributed by atoms with Crippen molar-refractivity contribution >= 4 is 22.6 Å². The number of pyridine rings is 2. The molecule has 5 rings (SSSR count). The Hall–Kier alpha value is -4.59. The van der Waals surface area contributed by atoms with Gasteiger partial charge >= 0.3 is 0 Å². The Bertz CT molecular complexity index is 1680. The fraction of sp³-hybridized carbons (Fsp3) is 0.179. The molecule has 0 aliphatic heterocycles. The van der Waals surface area contributed by atoms with E-state index in [0.717, 1.165) is 33.6 Å². The number of rotatable bonds is 5. The van der Waals surface area contributed by atoms with Crippen LogP contribution in [0.25, 0.3) is 33.9 Å². The molecule has 3 aromatic heterocycles. The molecule has 1 N–H and O–H groups in total. The summed E-state index contributed by atoms with van der Waals surface area (Å²) in [4.78, 5) is 35.4. The first kappa shape index (κ1) is 23.2. The van der Waals surface area contributed by atoms with E-state index >= 15 is 0 Å². The third kappa shape index (κ3) is 4.53. The largest absolute Gasteiger partial charge is 0.333 e. The third-order valence-corrected chi connectivity index (χ3v) is 5.96. The summed E-state index contributed by atoms with van der Waals surface area (Å²) < 4.78 is 7.13. The van der Waals surface area contributed by atoms with E-state index in [1.165, 1.54) is 0 Å². The standard InChI is InChI=1S/C28H25N5O3/c1-16-6-5-7-20(13-16)26-31-28(36-32-26)22-14-33(27-21(25(22)35)10-9-19(4)29-27)15-24(34)30-23-11-8-17(2)12-18(23)3/h5-14H,15H2,1-4H3,(H,30,34). The van der Waals surface area contributed by atoms with E-state index in [1.807, 2.05) is 70.2 Å². The number of benzene rings is 2. The molecule has 0 saturated carbocycles. The number of carbonyl (C=O) groups is 1. The summed E-state index contributed by atoms with van der Waals surface area (Å²) in [6, 6.07) is 17.0. The van der Waals surface area contributed by atoms with Gasteiger partial charge in [0.05, 0.1) is 5.39 Å². The van der Waals surface area contributed by atoms with Crippen LogP contribution >= 0.6 is 0 Å². The summed E-state index contributed by atoms with van der Waals surface area (Å²) in [5.41, 5.74) is 5.74. The highest BCUT2D eigenvalue weighted by Crippen LogP contribution is 2.23. The average Bonchev–Trinajstić information content (AvgIpc) is 3.33. The minimum atomic E-state index is -0.289. The van der Waals surface area contributed by atoms with Gasteiger partial charge in [-0.05, 0) is 57.5 Å². The van der Waals surface area contributed by atoms with Crippen LogP contribution in [0.2, 0.25) is 0 Å². The van der Waals surface area contributed by atoms with E-state index in [-0.39, 0.29) is 29.3 Å². The number of carbonyl (C=O) groups excluding carboxylic acids is 1. The van der Waals surface area contributed by atoms with Gasteiger partial charge in [0.15, 0.2) is 0 Å². The van der Waals surface area contributed by atoms with Crippen molar-refractivity contribution in [2.75, 3.05) is 5.32 Å². The van der Waals surface area contributed by atoms with E-state index in [4.69, 9.17) is 4.52 Å². The molecule has 8 nitrogen and oxygen atoms in total. The Balaban J connectivity index is 1.55. The number of hydrogen-bond acceptors (Lipinski definition) is 6. The lowest BCUT2D eigenvalue weighted by Gasteiger charge is -2.13. The van der Waals surface area contributed by atoms with Crippen LogP contribution in [0.1, 0.15) is 22.4 Å². The van der Waals surface area contributed by atoms with Crippen LogP contribution in [0.15, 0.2) is 70.1 Å². The van der Waals surface area contributed by atoms with Gasteiger partial charge in [-0.3, -0.25) is 9.59 Å². The van der Waals surface area contributed by atoms with E-state index in [1.54, 1.807) is 22.9 Å². The third-order valence-electron chi connectivity index (χ3n) is 5.96. The topological polar surface area (TPSA) is 103 Å². The first-order valence-electron chi connectivity index (χ1n) is 11.6. The number of nitrogens with zero attached hydrogens (tertiary/aromatic N) is 4. The molecule has 0 atom stereocenters. The Labute approximate surface area is 207 Å². The van der Waals surface area contributed by atoms with Crippen molar-refractivity contribution in [1.82, 2.24) is 19.7 Å². The SMILES string of the molecule is Cc1cccc(-c2noc(-c3cn(CC(=O)Nc4ccc(C)cc4C)c4nc(C)ccc4c3=O)n2)c1. The molecule has 180 valence electrons. The van der Waals surface area contributed by atoms with Gasteiger partial charge in [-0.1, -0.05) is 46.6 Å². The Kier molecular flexibility index (Phi) is 5.93. The van der Waals surface area contributed by atoms with Gasteiger partial charge in [0, 0.05) is 23.1 Å². The van der Waals surface area contributed by atoms with Gasteiger partial charge in [-0.2, -0.15) is 4.98 Å². The molecule has 2 aromatic carbocycles. The molecule has 0 spiro atoms. The molecule has 0 fully saturated rings. The Morgan fingerprint density at radius 2 is 1.78 bits per heavy atom. The maximum Gasteiger partial charge on any atom is 0.263 e. The second kappa shape index (κ2) is 9.22. The fourth-order valence-electron chi connectivity index (χ4n) is 4.17. The average molecular weight is 480 g/mol. The first-order valence-corrected chi connectivity index (χ1v) is 11.6. The van der Waals surface area contributed by atoms with E-state index < -0.39 is 0 Å². The molecule has 0 aliphatic carbocycles. The molecule has 0 saturated heterocycles. The van der Waals surface area contributed by atoms with Crippen LogP contribution in [0, 0.1) is 27.7 Å². The lowest BCUT2D eigenvalue weighted by molar-refractivity contribution is -0.116. The summed E-state index contributed by atoms with van der Waals surface area (Å²) in [5.74, 6) is 0.226. The molecule has 0 aliphatic rings. The highest BCUT2D eigenvalue weighted by Gasteiger charge is 2.19. The number of nitrogens with one attached hydrogen (secondary N) is 1. The zero-order valence-electron chi connectivity index (χ0n) is 20.5. The molecular weight excluding hydrogens is 454 g/mol. The second-order valence-corrected chi connectivity index (χ2v) is 8.98. The smallest absolute Gasteiger partial charge is 0.263 e. The quantitative estimate of drug-likeness (QED) is 0.381. The normalized spacial score (nSPS) is 11.1. The van der Waals surface area contributed by atoms with Crippen molar-refractivity contribution in [3.05, 3.63) is 93.4 Å². The molecule has 8 heteroatoms. The number of aromatic nitrogens is 4. The Morgan fingerprint density at radius 1 is 0.972 bits per heavy atom. The molecule has 0 unspecified atom stereocenters. The van der Waals surface area contributed by atoms with Crippen molar-refractivity contribution in [2.24, 2.45) is 0 Å². The van der Waals surface area contributed by atoms with Gasteiger partial charge < -0.3 is 14.4 Å². The molecule has 5 aromatic rings. The van der Waals surface area contributed by atoms with Crippen LogP contribution in [-0.2, 0) is 11.3 Å². The predicted octanol–water partition coefficient (Wildman–Crippen LogP) is 4.99. The molecule has 0 bridgehead atoms. The monoisotopic (exact) mass is 479 g/mol. The summed E-state index contributed by atoms with van der Waals surface area (Å²) in [5, 5.41) is 7.39. The summed E-state index contributed by atoms with van der Waals surface area (Å²) in [7, 11) is 0. The molecule has 36 heavy (non-hydrogen) atoms. The summed E-state index contributed by atoms with van der Waals surface area (Å²) >= 11 is 0. The van der Waals surface area contributed by atoms with Crippen LogP contribution in [-0.4, -0.2) is 25.6 Å². The highest BCUT2D eigenvalue weighted by atomic mass is 16.5. The number of anilines is 1. The number of hydrogen-bond donors (Lipinski definition) is 1. The number of amides is 1. The second-order valence-electron chi connectivity index (χ2n) is 8.98. The van der Waals surface area contributed by atoms with Crippen LogP contribution < -0.4 is 10.7 Å². The van der Waals surface area contributed by atoms with E-state index in [9.17, 15) is 9.59 Å². The van der Waals surface area contributed by atoms with Crippen molar-refractivity contribution in [2.45, 2.75) is 34.2 Å². The van der Waals surface area contributed by atoms with Crippen molar-refractivity contribution in [3.63, 3.8) is 0 Å². The molecular formula is C28H25N5O3. The van der Waals surface area contributed by atoms with E-state index in [2.05, 4.69) is 20.4 Å².